The van der Waals surface area contributed by atoms with Gasteiger partial charge in [0.15, 0.2) is 0 Å². The van der Waals surface area contributed by atoms with Crippen molar-refractivity contribution in [1.29, 1.82) is 0 Å². The molecule has 0 aromatic heterocycles. The van der Waals surface area contributed by atoms with Gasteiger partial charge in [-0.1, -0.05) is 13.0 Å². The Morgan fingerprint density at radius 2 is 1.89 bits per heavy atom. The first-order chi connectivity index (χ1) is 8.34. The van der Waals surface area contributed by atoms with Crippen molar-refractivity contribution in [3.63, 3.8) is 0 Å². The van der Waals surface area contributed by atoms with Crippen molar-refractivity contribution in [3.8, 4) is 0 Å². The number of rotatable bonds is 4. The number of hydrogen-bond acceptors (Lipinski definition) is 3. The molecule has 0 aliphatic heterocycles. The van der Waals surface area contributed by atoms with Crippen molar-refractivity contribution in [2.45, 2.75) is 25.2 Å². The van der Waals surface area contributed by atoms with Crippen molar-refractivity contribution in [1.82, 2.24) is 0 Å². The van der Waals surface area contributed by atoms with Crippen LogP contribution in [0.4, 0.5) is 5.69 Å². The highest BCUT2D eigenvalue weighted by molar-refractivity contribution is 7.89. The third-order valence-electron chi connectivity index (χ3n) is 2.31. The molecule has 18 heavy (non-hydrogen) atoms. The topological polar surface area (TPSA) is 89.3 Å². The maximum Gasteiger partial charge on any atom is 0.250 e. The standard InChI is InChI=1S/C12H16N2O3S/c1-3-4-9(2)12(15)14-10-5-7-11(8-6-10)18(13,16)17/h4-8H,3H2,1-2H3,(H,14,15)(H2,13,16,17)/b9-4-. The molecule has 3 N–H and O–H groups in total. The third-order valence-corrected chi connectivity index (χ3v) is 3.24. The zero-order valence-electron chi connectivity index (χ0n) is 10.3. The fourth-order valence-electron chi connectivity index (χ4n) is 1.36. The second-order valence-electron chi connectivity index (χ2n) is 3.82. The minimum absolute atomic E-state index is 0.0151. The molecular weight excluding hydrogens is 252 g/mol. The number of anilines is 1. The first-order valence-corrected chi connectivity index (χ1v) is 7.00. The van der Waals surface area contributed by atoms with Crippen LogP contribution >= 0.6 is 0 Å². The molecule has 1 aromatic rings. The maximum atomic E-state index is 11.7. The van der Waals surface area contributed by atoms with Crippen LogP contribution in [0.15, 0.2) is 40.8 Å². The molecule has 0 aliphatic rings. The number of carbonyl (C=O) groups is 1. The Kier molecular flexibility index (Phi) is 4.63. The van der Waals surface area contributed by atoms with Crippen LogP contribution in [0.25, 0.3) is 0 Å². The van der Waals surface area contributed by atoms with Gasteiger partial charge in [0.05, 0.1) is 4.90 Å². The molecule has 0 unspecified atom stereocenters. The predicted molar refractivity (Wildman–Crippen MR) is 70.5 cm³/mol. The number of hydrogen-bond donors (Lipinski definition) is 2. The molecule has 1 aromatic carbocycles. The SMILES string of the molecule is CC/C=C(/C)C(=O)Nc1ccc(S(N)(=O)=O)cc1. The minimum atomic E-state index is -3.70. The van der Waals surface area contributed by atoms with E-state index in [1.165, 1.54) is 24.3 Å². The smallest absolute Gasteiger partial charge is 0.250 e. The van der Waals surface area contributed by atoms with E-state index in [4.69, 9.17) is 5.14 Å². The molecule has 0 spiro atoms. The zero-order valence-corrected chi connectivity index (χ0v) is 11.1. The number of carbonyl (C=O) groups excluding carboxylic acids is 1. The second kappa shape index (κ2) is 5.79. The molecule has 0 heterocycles. The molecule has 1 rings (SSSR count). The molecule has 0 aliphatic carbocycles. The summed E-state index contributed by atoms with van der Waals surface area (Å²) < 4.78 is 22.1. The van der Waals surface area contributed by atoms with Gasteiger partial charge in [-0.25, -0.2) is 13.6 Å². The normalized spacial score (nSPS) is 12.3. The van der Waals surface area contributed by atoms with E-state index in [2.05, 4.69) is 5.32 Å². The van der Waals surface area contributed by atoms with Gasteiger partial charge in [0, 0.05) is 11.3 Å². The van der Waals surface area contributed by atoms with E-state index < -0.39 is 10.0 Å². The number of allylic oxidation sites excluding steroid dienone is 1. The van der Waals surface area contributed by atoms with Gasteiger partial charge >= 0.3 is 0 Å². The first-order valence-electron chi connectivity index (χ1n) is 5.45. The summed E-state index contributed by atoms with van der Waals surface area (Å²) in [5, 5.41) is 7.63. The van der Waals surface area contributed by atoms with E-state index in [1.807, 2.05) is 13.0 Å². The highest BCUT2D eigenvalue weighted by Gasteiger charge is 2.08. The van der Waals surface area contributed by atoms with Gasteiger partial charge in [-0.3, -0.25) is 4.79 Å². The third kappa shape index (κ3) is 3.97. The number of nitrogens with one attached hydrogen (secondary N) is 1. The summed E-state index contributed by atoms with van der Waals surface area (Å²) in [6.45, 7) is 3.66. The fourth-order valence-corrected chi connectivity index (χ4v) is 1.87. The molecule has 0 radical (unpaired) electrons. The Morgan fingerprint density at radius 1 is 1.33 bits per heavy atom. The molecule has 5 nitrogen and oxygen atoms in total. The average molecular weight is 268 g/mol. The Hall–Kier alpha value is -1.66. The van der Waals surface area contributed by atoms with Crippen molar-refractivity contribution in [3.05, 3.63) is 35.9 Å². The van der Waals surface area contributed by atoms with E-state index in [-0.39, 0.29) is 10.8 Å². The molecule has 0 fully saturated rings. The van der Waals surface area contributed by atoms with Gasteiger partial charge < -0.3 is 5.32 Å². The van der Waals surface area contributed by atoms with Crippen LogP contribution in [0, 0.1) is 0 Å². The summed E-state index contributed by atoms with van der Waals surface area (Å²) in [7, 11) is -3.70. The van der Waals surface area contributed by atoms with Crippen LogP contribution in [-0.2, 0) is 14.8 Å². The largest absolute Gasteiger partial charge is 0.322 e. The zero-order chi connectivity index (χ0) is 13.8. The van der Waals surface area contributed by atoms with Crippen molar-refractivity contribution in [2.24, 2.45) is 5.14 Å². The first kappa shape index (κ1) is 14.4. The lowest BCUT2D eigenvalue weighted by Gasteiger charge is -2.06. The number of primary sulfonamides is 1. The maximum absolute atomic E-state index is 11.7. The van der Waals surface area contributed by atoms with E-state index in [0.29, 0.717) is 11.3 Å². The highest BCUT2D eigenvalue weighted by Crippen LogP contribution is 2.13. The van der Waals surface area contributed by atoms with E-state index in [1.54, 1.807) is 6.92 Å². The van der Waals surface area contributed by atoms with Gasteiger partial charge in [0.1, 0.15) is 0 Å². The lowest BCUT2D eigenvalue weighted by Crippen LogP contribution is -2.14. The minimum Gasteiger partial charge on any atom is -0.322 e. The predicted octanol–water partition coefficient (Wildman–Crippen LogP) is 1.63. The average Bonchev–Trinajstić information content (AvgIpc) is 2.28. The van der Waals surface area contributed by atoms with Crippen molar-refractivity contribution < 1.29 is 13.2 Å². The van der Waals surface area contributed by atoms with Crippen LogP contribution < -0.4 is 10.5 Å². The van der Waals surface area contributed by atoms with Gasteiger partial charge in [-0.15, -0.1) is 0 Å². The van der Waals surface area contributed by atoms with Crippen molar-refractivity contribution in [2.75, 3.05) is 5.32 Å². The summed E-state index contributed by atoms with van der Waals surface area (Å²) >= 11 is 0. The number of benzene rings is 1. The molecule has 98 valence electrons. The van der Waals surface area contributed by atoms with Crippen LogP contribution in [-0.4, -0.2) is 14.3 Å². The monoisotopic (exact) mass is 268 g/mol. The van der Waals surface area contributed by atoms with Crippen LogP contribution in [0.2, 0.25) is 0 Å². The quantitative estimate of drug-likeness (QED) is 0.813. The van der Waals surface area contributed by atoms with E-state index in [0.717, 1.165) is 6.42 Å². The lowest BCUT2D eigenvalue weighted by molar-refractivity contribution is -0.112. The van der Waals surface area contributed by atoms with Crippen LogP contribution in [0.1, 0.15) is 20.3 Å². The summed E-state index contributed by atoms with van der Waals surface area (Å²) in [5.74, 6) is -0.208. The Bertz CT molecular complexity index is 559. The molecular formula is C12H16N2O3S. The van der Waals surface area contributed by atoms with Gasteiger partial charge in [-0.2, -0.15) is 0 Å². The number of sulfonamides is 1. The summed E-state index contributed by atoms with van der Waals surface area (Å²) in [6, 6.07) is 5.70. The molecule has 0 saturated carbocycles. The Labute approximate surface area is 107 Å². The summed E-state index contributed by atoms with van der Waals surface area (Å²) in [5.41, 5.74) is 1.14. The lowest BCUT2D eigenvalue weighted by atomic mass is 10.2. The Morgan fingerprint density at radius 3 is 2.33 bits per heavy atom. The highest BCUT2D eigenvalue weighted by atomic mass is 32.2. The van der Waals surface area contributed by atoms with Gasteiger partial charge in [0.25, 0.3) is 5.91 Å². The molecule has 1 amide bonds. The summed E-state index contributed by atoms with van der Waals surface area (Å²) in [6.07, 6.45) is 2.59. The number of nitrogens with two attached hydrogens (primary N) is 1. The number of amides is 1. The molecule has 0 saturated heterocycles. The fraction of sp³-hybridized carbons (Fsp3) is 0.250. The molecule has 0 atom stereocenters. The Balaban J connectivity index is 2.82. The van der Waals surface area contributed by atoms with Gasteiger partial charge in [-0.05, 0) is 37.6 Å². The van der Waals surface area contributed by atoms with E-state index in [9.17, 15) is 13.2 Å². The van der Waals surface area contributed by atoms with Crippen LogP contribution in [0.3, 0.4) is 0 Å². The molecule has 6 heteroatoms. The van der Waals surface area contributed by atoms with E-state index >= 15 is 0 Å². The summed E-state index contributed by atoms with van der Waals surface area (Å²) in [4.78, 5) is 11.7. The second-order valence-corrected chi connectivity index (χ2v) is 5.38. The van der Waals surface area contributed by atoms with Crippen molar-refractivity contribution >= 4 is 21.6 Å². The molecule has 0 bridgehead atoms. The van der Waals surface area contributed by atoms with Crippen LogP contribution in [0.5, 0.6) is 0 Å². The van der Waals surface area contributed by atoms with Gasteiger partial charge in [0.2, 0.25) is 10.0 Å².